The fraction of sp³-hybridized carbons (Fsp3) is 0.579. The number of aromatic amines is 1. The minimum atomic E-state index is 0.175. The Balaban J connectivity index is 1.67. The number of morpholine rings is 1. The zero-order valence-corrected chi connectivity index (χ0v) is 14.8. The first-order valence-electron chi connectivity index (χ1n) is 9.23. The van der Waals surface area contributed by atoms with E-state index in [1.54, 1.807) is 6.92 Å². The fourth-order valence-corrected chi connectivity index (χ4v) is 4.10. The molecule has 134 valence electrons. The van der Waals surface area contributed by atoms with Crippen molar-refractivity contribution in [1.29, 1.82) is 0 Å². The number of fused-ring (bicyclic) bond motifs is 1. The van der Waals surface area contributed by atoms with Gasteiger partial charge in [0.1, 0.15) is 5.65 Å². The van der Waals surface area contributed by atoms with Gasteiger partial charge < -0.3 is 14.6 Å². The van der Waals surface area contributed by atoms with Gasteiger partial charge in [-0.25, -0.2) is 4.98 Å². The van der Waals surface area contributed by atoms with E-state index < -0.39 is 0 Å². The Kier molecular flexibility index (Phi) is 4.72. The van der Waals surface area contributed by atoms with Crippen molar-refractivity contribution < 1.29 is 9.53 Å². The molecule has 4 heterocycles. The predicted molar refractivity (Wildman–Crippen MR) is 96.4 cm³/mol. The number of rotatable bonds is 3. The summed E-state index contributed by atoms with van der Waals surface area (Å²) in [5.41, 5.74) is 3.58. The molecule has 2 aliphatic rings. The summed E-state index contributed by atoms with van der Waals surface area (Å²) < 4.78 is 5.49. The zero-order chi connectivity index (χ0) is 17.2. The topological polar surface area (TPSA) is 61.5 Å². The van der Waals surface area contributed by atoms with Gasteiger partial charge in [-0.1, -0.05) is 0 Å². The number of H-pyrrole nitrogens is 1. The highest BCUT2D eigenvalue weighted by molar-refractivity contribution is 5.81. The molecule has 6 heteroatoms. The van der Waals surface area contributed by atoms with Gasteiger partial charge in [0.25, 0.3) is 0 Å². The highest BCUT2D eigenvalue weighted by atomic mass is 16.5. The van der Waals surface area contributed by atoms with Crippen LogP contribution in [-0.2, 0) is 16.1 Å². The molecule has 0 saturated carbocycles. The van der Waals surface area contributed by atoms with Gasteiger partial charge in [-0.15, -0.1) is 0 Å². The maximum atomic E-state index is 11.8. The van der Waals surface area contributed by atoms with E-state index in [4.69, 9.17) is 4.74 Å². The van der Waals surface area contributed by atoms with Crippen molar-refractivity contribution in [2.75, 3.05) is 39.4 Å². The molecule has 2 fully saturated rings. The molecule has 4 rings (SSSR count). The first-order chi connectivity index (χ1) is 12.2. The molecule has 1 atom stereocenters. The maximum Gasteiger partial charge on any atom is 0.219 e. The number of carbonyl (C=O) groups is 1. The lowest BCUT2D eigenvalue weighted by Crippen LogP contribution is -2.38. The van der Waals surface area contributed by atoms with Gasteiger partial charge in [0.15, 0.2) is 0 Å². The molecule has 0 aliphatic carbocycles. The Bertz CT molecular complexity index is 751. The molecular weight excluding hydrogens is 316 g/mol. The van der Waals surface area contributed by atoms with Gasteiger partial charge in [-0.3, -0.25) is 9.69 Å². The van der Waals surface area contributed by atoms with E-state index in [1.165, 1.54) is 16.6 Å². The molecule has 2 aromatic heterocycles. The molecule has 25 heavy (non-hydrogen) atoms. The predicted octanol–water partition coefficient (Wildman–Crippen LogP) is 2.12. The van der Waals surface area contributed by atoms with Gasteiger partial charge in [-0.2, -0.15) is 0 Å². The Morgan fingerprint density at radius 1 is 1.36 bits per heavy atom. The Morgan fingerprint density at radius 2 is 2.20 bits per heavy atom. The first-order valence-corrected chi connectivity index (χ1v) is 9.23. The summed E-state index contributed by atoms with van der Waals surface area (Å²) in [6.45, 7) is 7.81. The van der Waals surface area contributed by atoms with E-state index in [9.17, 15) is 4.79 Å². The van der Waals surface area contributed by atoms with Crippen molar-refractivity contribution in [3.8, 4) is 0 Å². The van der Waals surface area contributed by atoms with Gasteiger partial charge >= 0.3 is 0 Å². The third-order valence-electron chi connectivity index (χ3n) is 5.47. The number of pyridine rings is 1. The van der Waals surface area contributed by atoms with Gasteiger partial charge in [0, 0.05) is 62.8 Å². The van der Waals surface area contributed by atoms with Crippen molar-refractivity contribution >= 4 is 16.9 Å². The van der Waals surface area contributed by atoms with Crippen molar-refractivity contribution in [1.82, 2.24) is 19.8 Å². The van der Waals surface area contributed by atoms with Gasteiger partial charge in [-0.05, 0) is 30.5 Å². The third kappa shape index (κ3) is 3.41. The van der Waals surface area contributed by atoms with Crippen molar-refractivity contribution in [3.63, 3.8) is 0 Å². The summed E-state index contributed by atoms with van der Waals surface area (Å²) in [4.78, 5) is 24.4. The highest BCUT2D eigenvalue weighted by Gasteiger charge is 2.28. The van der Waals surface area contributed by atoms with Gasteiger partial charge in [0.05, 0.1) is 13.2 Å². The fourth-order valence-electron chi connectivity index (χ4n) is 4.10. The molecule has 0 radical (unpaired) electrons. The average Bonchev–Trinajstić information content (AvgIpc) is 3.01. The lowest BCUT2D eigenvalue weighted by molar-refractivity contribution is -0.130. The largest absolute Gasteiger partial charge is 0.379 e. The number of likely N-dealkylation sites (tertiary alicyclic amines) is 1. The molecule has 0 spiro atoms. The average molecular weight is 342 g/mol. The van der Waals surface area contributed by atoms with E-state index in [0.717, 1.165) is 64.4 Å². The standard InChI is InChI=1S/C19H26N4O2/c1-14(24)23-7-3-4-15(12-23)18-17(13-22-8-10-25-11-9-22)16-5-2-6-20-19(16)21-18/h2,5-6,15H,3-4,7-13H2,1H3,(H,20,21)/t15-/m1/s1. The van der Waals surface area contributed by atoms with Crippen LogP contribution in [0.15, 0.2) is 18.3 Å². The van der Waals surface area contributed by atoms with Crippen molar-refractivity contribution in [2.45, 2.75) is 32.2 Å². The molecule has 2 aromatic rings. The number of hydrogen-bond donors (Lipinski definition) is 1. The molecular formula is C19H26N4O2. The number of carbonyl (C=O) groups excluding carboxylic acids is 1. The second-order valence-corrected chi connectivity index (χ2v) is 7.11. The minimum absolute atomic E-state index is 0.175. The van der Waals surface area contributed by atoms with Crippen LogP contribution in [0.25, 0.3) is 11.0 Å². The van der Waals surface area contributed by atoms with Crippen molar-refractivity contribution in [3.05, 3.63) is 29.6 Å². The van der Waals surface area contributed by atoms with Crippen LogP contribution in [0.1, 0.15) is 36.9 Å². The lowest BCUT2D eigenvalue weighted by atomic mass is 9.91. The van der Waals surface area contributed by atoms with Crippen LogP contribution in [0.3, 0.4) is 0 Å². The molecule has 0 aromatic carbocycles. The van der Waals surface area contributed by atoms with E-state index in [0.29, 0.717) is 5.92 Å². The Hall–Kier alpha value is -1.92. The van der Waals surface area contributed by atoms with E-state index in [1.807, 2.05) is 17.2 Å². The van der Waals surface area contributed by atoms with Crippen LogP contribution in [0.2, 0.25) is 0 Å². The molecule has 1 amide bonds. The number of nitrogens with zero attached hydrogens (tertiary/aromatic N) is 3. The number of nitrogens with one attached hydrogen (secondary N) is 1. The molecule has 2 saturated heterocycles. The third-order valence-corrected chi connectivity index (χ3v) is 5.47. The van der Waals surface area contributed by atoms with E-state index in [-0.39, 0.29) is 5.91 Å². The smallest absolute Gasteiger partial charge is 0.219 e. The maximum absolute atomic E-state index is 11.8. The zero-order valence-electron chi connectivity index (χ0n) is 14.8. The molecule has 1 N–H and O–H groups in total. The summed E-state index contributed by atoms with van der Waals surface area (Å²) in [5.74, 6) is 0.538. The lowest BCUT2D eigenvalue weighted by Gasteiger charge is -2.33. The minimum Gasteiger partial charge on any atom is -0.379 e. The number of piperidine rings is 1. The summed E-state index contributed by atoms with van der Waals surface area (Å²) in [6, 6.07) is 4.16. The van der Waals surface area contributed by atoms with Crippen LogP contribution in [-0.4, -0.2) is 65.1 Å². The molecule has 6 nitrogen and oxygen atoms in total. The quantitative estimate of drug-likeness (QED) is 0.928. The number of amides is 1. The van der Waals surface area contributed by atoms with E-state index in [2.05, 4.69) is 20.9 Å². The summed E-state index contributed by atoms with van der Waals surface area (Å²) in [6.07, 6.45) is 4.01. The van der Waals surface area contributed by atoms with Crippen LogP contribution >= 0.6 is 0 Å². The van der Waals surface area contributed by atoms with Crippen LogP contribution in [0.5, 0.6) is 0 Å². The van der Waals surface area contributed by atoms with Crippen molar-refractivity contribution in [2.24, 2.45) is 0 Å². The monoisotopic (exact) mass is 342 g/mol. The van der Waals surface area contributed by atoms with Crippen LogP contribution in [0.4, 0.5) is 0 Å². The number of aromatic nitrogens is 2. The van der Waals surface area contributed by atoms with Crippen LogP contribution in [0, 0.1) is 0 Å². The second kappa shape index (κ2) is 7.14. The normalized spacial score (nSPS) is 22.4. The highest BCUT2D eigenvalue weighted by Crippen LogP contribution is 2.33. The van der Waals surface area contributed by atoms with Crippen LogP contribution < -0.4 is 0 Å². The number of ether oxygens (including phenoxy) is 1. The van der Waals surface area contributed by atoms with Gasteiger partial charge in [0.2, 0.25) is 5.91 Å². The van der Waals surface area contributed by atoms with E-state index >= 15 is 0 Å². The first kappa shape index (κ1) is 16.5. The summed E-state index contributed by atoms with van der Waals surface area (Å²) >= 11 is 0. The number of hydrogen-bond acceptors (Lipinski definition) is 4. The molecule has 0 bridgehead atoms. The summed E-state index contributed by atoms with van der Waals surface area (Å²) in [7, 11) is 0. The summed E-state index contributed by atoms with van der Waals surface area (Å²) in [5, 5.41) is 1.21. The molecule has 0 unspecified atom stereocenters. The SMILES string of the molecule is CC(=O)N1CCC[C@@H](c2[nH]c3ncccc3c2CN2CCOCC2)C1. The Morgan fingerprint density at radius 3 is 3.00 bits per heavy atom. The molecule has 2 aliphatic heterocycles. The Labute approximate surface area is 148 Å². The second-order valence-electron chi connectivity index (χ2n) is 7.11.